The SMILES string of the molecule is C=C1c2cc(Br)ccc2CC1C(C)C. The summed E-state index contributed by atoms with van der Waals surface area (Å²) >= 11 is 3.51. The zero-order valence-corrected chi connectivity index (χ0v) is 10.3. The Morgan fingerprint density at radius 3 is 2.79 bits per heavy atom. The molecule has 0 amide bonds. The van der Waals surface area contributed by atoms with Gasteiger partial charge in [0.05, 0.1) is 0 Å². The molecule has 0 aromatic heterocycles. The lowest BCUT2D eigenvalue weighted by Gasteiger charge is -2.15. The Hall–Kier alpha value is -0.560. The molecule has 1 aliphatic carbocycles. The molecule has 0 radical (unpaired) electrons. The number of halogens is 1. The zero-order chi connectivity index (χ0) is 10.3. The predicted molar refractivity (Wildman–Crippen MR) is 65.2 cm³/mol. The molecular weight excluding hydrogens is 236 g/mol. The molecule has 1 unspecified atom stereocenters. The third kappa shape index (κ3) is 1.54. The minimum atomic E-state index is 0.638. The number of fused-ring (bicyclic) bond motifs is 1. The molecule has 1 aromatic carbocycles. The Kier molecular flexibility index (Phi) is 2.52. The summed E-state index contributed by atoms with van der Waals surface area (Å²) in [6.45, 7) is 8.77. The van der Waals surface area contributed by atoms with Gasteiger partial charge < -0.3 is 0 Å². The second-order valence-corrected chi connectivity index (χ2v) is 5.30. The van der Waals surface area contributed by atoms with E-state index < -0.39 is 0 Å². The van der Waals surface area contributed by atoms with Gasteiger partial charge in [0.1, 0.15) is 0 Å². The summed E-state index contributed by atoms with van der Waals surface area (Å²) in [6.07, 6.45) is 1.17. The van der Waals surface area contributed by atoms with E-state index in [0.29, 0.717) is 11.8 Å². The van der Waals surface area contributed by atoms with Crippen molar-refractivity contribution in [1.82, 2.24) is 0 Å². The van der Waals surface area contributed by atoms with Gasteiger partial charge in [-0.15, -0.1) is 0 Å². The summed E-state index contributed by atoms with van der Waals surface area (Å²) in [6, 6.07) is 6.53. The van der Waals surface area contributed by atoms with Crippen molar-refractivity contribution in [3.63, 3.8) is 0 Å². The molecule has 0 spiro atoms. The zero-order valence-electron chi connectivity index (χ0n) is 8.68. The highest BCUT2D eigenvalue weighted by Gasteiger charge is 2.27. The Morgan fingerprint density at radius 1 is 1.43 bits per heavy atom. The van der Waals surface area contributed by atoms with E-state index in [9.17, 15) is 0 Å². The molecule has 0 nitrogen and oxygen atoms in total. The van der Waals surface area contributed by atoms with Crippen LogP contribution in [0.5, 0.6) is 0 Å². The van der Waals surface area contributed by atoms with Crippen molar-refractivity contribution >= 4 is 21.5 Å². The maximum Gasteiger partial charge on any atom is 0.0181 e. The van der Waals surface area contributed by atoms with E-state index in [1.807, 2.05) is 0 Å². The smallest absolute Gasteiger partial charge is 0.0181 e. The number of hydrogen-bond donors (Lipinski definition) is 0. The third-order valence-electron chi connectivity index (χ3n) is 3.11. The fourth-order valence-corrected chi connectivity index (χ4v) is 2.58. The molecule has 74 valence electrons. The summed E-state index contributed by atoms with van der Waals surface area (Å²) in [5.41, 5.74) is 4.13. The van der Waals surface area contributed by atoms with Gasteiger partial charge in [-0.3, -0.25) is 0 Å². The van der Waals surface area contributed by atoms with Gasteiger partial charge >= 0.3 is 0 Å². The molecule has 0 saturated heterocycles. The first-order chi connectivity index (χ1) is 6.59. The van der Waals surface area contributed by atoms with E-state index in [4.69, 9.17) is 0 Å². The first-order valence-electron chi connectivity index (χ1n) is 5.07. The highest BCUT2D eigenvalue weighted by molar-refractivity contribution is 9.10. The molecule has 1 aromatic rings. The fourth-order valence-electron chi connectivity index (χ4n) is 2.22. The fraction of sp³-hybridized carbons (Fsp3) is 0.385. The molecule has 1 atom stereocenters. The average molecular weight is 251 g/mol. The van der Waals surface area contributed by atoms with Crippen molar-refractivity contribution in [2.45, 2.75) is 20.3 Å². The van der Waals surface area contributed by atoms with Gasteiger partial charge in [-0.05, 0) is 47.1 Å². The normalized spacial score (nSPS) is 20.3. The molecule has 1 aliphatic rings. The van der Waals surface area contributed by atoms with Gasteiger partial charge in [0.2, 0.25) is 0 Å². The molecule has 1 heteroatoms. The molecule has 0 bridgehead atoms. The van der Waals surface area contributed by atoms with Crippen LogP contribution in [-0.4, -0.2) is 0 Å². The lowest BCUT2D eigenvalue weighted by Crippen LogP contribution is -2.06. The van der Waals surface area contributed by atoms with Crippen molar-refractivity contribution in [3.05, 3.63) is 40.4 Å². The highest BCUT2D eigenvalue weighted by atomic mass is 79.9. The van der Waals surface area contributed by atoms with E-state index in [1.165, 1.54) is 23.1 Å². The van der Waals surface area contributed by atoms with Gasteiger partial charge in [-0.2, -0.15) is 0 Å². The van der Waals surface area contributed by atoms with E-state index in [2.05, 4.69) is 54.6 Å². The number of rotatable bonds is 1. The van der Waals surface area contributed by atoms with E-state index >= 15 is 0 Å². The molecule has 0 fully saturated rings. The predicted octanol–water partition coefficient (Wildman–Crippen LogP) is 4.29. The second kappa shape index (κ2) is 3.54. The van der Waals surface area contributed by atoms with Gasteiger partial charge in [0.25, 0.3) is 0 Å². The molecule has 0 aliphatic heterocycles. The number of allylic oxidation sites excluding steroid dienone is 1. The molecule has 0 saturated carbocycles. The second-order valence-electron chi connectivity index (χ2n) is 4.38. The van der Waals surface area contributed by atoms with E-state index in [0.717, 1.165) is 4.47 Å². The van der Waals surface area contributed by atoms with Crippen LogP contribution in [0.25, 0.3) is 5.57 Å². The van der Waals surface area contributed by atoms with E-state index in [-0.39, 0.29) is 0 Å². The molecule has 14 heavy (non-hydrogen) atoms. The Balaban J connectivity index is 2.41. The van der Waals surface area contributed by atoms with Crippen LogP contribution >= 0.6 is 15.9 Å². The van der Waals surface area contributed by atoms with Crippen LogP contribution in [-0.2, 0) is 6.42 Å². The lowest BCUT2D eigenvalue weighted by atomic mass is 9.90. The van der Waals surface area contributed by atoms with Crippen LogP contribution < -0.4 is 0 Å². The molecule has 0 heterocycles. The topological polar surface area (TPSA) is 0 Å². The number of hydrogen-bond acceptors (Lipinski definition) is 0. The highest BCUT2D eigenvalue weighted by Crippen LogP contribution is 2.40. The monoisotopic (exact) mass is 250 g/mol. The maximum atomic E-state index is 4.22. The minimum Gasteiger partial charge on any atom is -0.0949 e. The molecule has 2 rings (SSSR count). The molecular formula is C13H15Br. The van der Waals surface area contributed by atoms with Crippen molar-refractivity contribution in [2.75, 3.05) is 0 Å². The standard InChI is InChI=1S/C13H15Br/c1-8(2)12-6-10-4-5-11(14)7-13(10)9(12)3/h4-5,7-8,12H,3,6H2,1-2H3. The first kappa shape index (κ1) is 9.97. The minimum absolute atomic E-state index is 0.638. The Morgan fingerprint density at radius 2 is 2.14 bits per heavy atom. The van der Waals surface area contributed by atoms with Crippen molar-refractivity contribution < 1.29 is 0 Å². The van der Waals surface area contributed by atoms with Crippen LogP contribution in [0.1, 0.15) is 25.0 Å². The van der Waals surface area contributed by atoms with Crippen LogP contribution in [0.2, 0.25) is 0 Å². The van der Waals surface area contributed by atoms with Crippen LogP contribution in [0.15, 0.2) is 29.3 Å². The summed E-state index contributed by atoms with van der Waals surface area (Å²) in [5, 5.41) is 0. The average Bonchev–Trinajstić information content (AvgIpc) is 2.44. The van der Waals surface area contributed by atoms with Crippen LogP contribution in [0.3, 0.4) is 0 Å². The van der Waals surface area contributed by atoms with Crippen molar-refractivity contribution in [3.8, 4) is 0 Å². The summed E-state index contributed by atoms with van der Waals surface area (Å²) in [7, 11) is 0. The van der Waals surface area contributed by atoms with Crippen molar-refractivity contribution in [1.29, 1.82) is 0 Å². The quantitative estimate of drug-likeness (QED) is 0.698. The Bertz CT molecular complexity index is 377. The third-order valence-corrected chi connectivity index (χ3v) is 3.60. The van der Waals surface area contributed by atoms with Gasteiger partial charge in [0.15, 0.2) is 0 Å². The van der Waals surface area contributed by atoms with Crippen molar-refractivity contribution in [2.24, 2.45) is 11.8 Å². The largest absolute Gasteiger partial charge is 0.0949 e. The Labute approximate surface area is 94.2 Å². The summed E-state index contributed by atoms with van der Waals surface area (Å²) in [4.78, 5) is 0. The lowest BCUT2D eigenvalue weighted by molar-refractivity contribution is 0.491. The van der Waals surface area contributed by atoms with Crippen LogP contribution in [0, 0.1) is 11.8 Å². The van der Waals surface area contributed by atoms with E-state index in [1.54, 1.807) is 0 Å². The van der Waals surface area contributed by atoms with Gasteiger partial charge in [-0.25, -0.2) is 0 Å². The van der Waals surface area contributed by atoms with Crippen LogP contribution in [0.4, 0.5) is 0 Å². The summed E-state index contributed by atoms with van der Waals surface area (Å²) < 4.78 is 1.15. The number of benzene rings is 1. The van der Waals surface area contributed by atoms with Gasteiger partial charge in [-0.1, -0.05) is 42.4 Å². The maximum absolute atomic E-state index is 4.22. The van der Waals surface area contributed by atoms with Gasteiger partial charge in [0, 0.05) is 4.47 Å². The first-order valence-corrected chi connectivity index (χ1v) is 5.86. The molecule has 0 N–H and O–H groups in total. The summed E-state index contributed by atoms with van der Waals surface area (Å²) in [5.74, 6) is 1.33.